The van der Waals surface area contributed by atoms with Crippen LogP contribution in [-0.4, -0.2) is 48.2 Å². The van der Waals surface area contributed by atoms with Crippen LogP contribution in [0.2, 0.25) is 0 Å². The van der Waals surface area contributed by atoms with Crippen LogP contribution in [0.15, 0.2) is 30.3 Å². The average molecular weight is 294 g/mol. The smallest absolute Gasteiger partial charge is 0.317 e. The number of ether oxygens (including phenoxy) is 1. The molecule has 0 spiro atoms. The van der Waals surface area contributed by atoms with Gasteiger partial charge in [0.1, 0.15) is 5.75 Å². The fourth-order valence-corrected chi connectivity index (χ4v) is 1.72. The van der Waals surface area contributed by atoms with Gasteiger partial charge in [-0.3, -0.25) is 4.79 Å². The first kappa shape index (κ1) is 16.8. The second kappa shape index (κ2) is 9.63. The monoisotopic (exact) mass is 294 g/mol. The van der Waals surface area contributed by atoms with Gasteiger partial charge >= 0.3 is 12.0 Å². The molecule has 21 heavy (non-hydrogen) atoms. The molecule has 116 valence electrons. The van der Waals surface area contributed by atoms with E-state index in [1.165, 1.54) is 4.90 Å². The van der Waals surface area contributed by atoms with E-state index in [0.717, 1.165) is 5.75 Å². The lowest BCUT2D eigenvalue weighted by molar-refractivity contribution is -0.137. The van der Waals surface area contributed by atoms with Crippen molar-refractivity contribution in [1.29, 1.82) is 0 Å². The van der Waals surface area contributed by atoms with Crippen LogP contribution in [0.5, 0.6) is 5.75 Å². The van der Waals surface area contributed by atoms with Crippen molar-refractivity contribution in [3.05, 3.63) is 30.3 Å². The molecule has 0 saturated carbocycles. The Morgan fingerprint density at radius 1 is 1.29 bits per heavy atom. The van der Waals surface area contributed by atoms with Crippen molar-refractivity contribution >= 4 is 12.0 Å². The van der Waals surface area contributed by atoms with Crippen LogP contribution in [0.25, 0.3) is 0 Å². The van der Waals surface area contributed by atoms with E-state index >= 15 is 0 Å². The topological polar surface area (TPSA) is 78.9 Å². The number of hydrogen-bond donors (Lipinski definition) is 2. The normalized spacial score (nSPS) is 9.95. The number of benzene rings is 1. The van der Waals surface area contributed by atoms with Crippen molar-refractivity contribution in [1.82, 2.24) is 10.2 Å². The summed E-state index contributed by atoms with van der Waals surface area (Å²) in [4.78, 5) is 23.8. The van der Waals surface area contributed by atoms with Gasteiger partial charge in [0.2, 0.25) is 0 Å². The standard InChI is InChI=1S/C15H22N2O4/c1-2-17(11-9-14(18)19)15(20)16-10-6-12-21-13-7-4-3-5-8-13/h3-5,7-8H,2,6,9-12H2,1H3,(H,16,20)(H,18,19). The van der Waals surface area contributed by atoms with Crippen molar-refractivity contribution in [2.45, 2.75) is 19.8 Å². The zero-order valence-corrected chi connectivity index (χ0v) is 12.2. The lowest BCUT2D eigenvalue weighted by Crippen LogP contribution is -2.41. The summed E-state index contributed by atoms with van der Waals surface area (Å²) >= 11 is 0. The molecule has 0 bridgehead atoms. The van der Waals surface area contributed by atoms with E-state index in [0.29, 0.717) is 26.1 Å². The quantitative estimate of drug-likeness (QED) is 0.682. The highest BCUT2D eigenvalue weighted by Gasteiger charge is 2.11. The second-order valence-electron chi connectivity index (χ2n) is 4.47. The van der Waals surface area contributed by atoms with Crippen molar-refractivity contribution < 1.29 is 19.4 Å². The molecular formula is C15H22N2O4. The molecule has 0 saturated heterocycles. The summed E-state index contributed by atoms with van der Waals surface area (Å²) in [5, 5.41) is 11.4. The summed E-state index contributed by atoms with van der Waals surface area (Å²) in [6.45, 7) is 3.54. The molecule has 0 aliphatic heterocycles. The lowest BCUT2D eigenvalue weighted by Gasteiger charge is -2.20. The van der Waals surface area contributed by atoms with E-state index in [2.05, 4.69) is 5.32 Å². The average Bonchev–Trinajstić information content (AvgIpc) is 2.48. The summed E-state index contributed by atoms with van der Waals surface area (Å²) in [5.41, 5.74) is 0. The highest BCUT2D eigenvalue weighted by molar-refractivity contribution is 5.75. The number of hydrogen-bond acceptors (Lipinski definition) is 3. The highest BCUT2D eigenvalue weighted by Crippen LogP contribution is 2.08. The number of carbonyl (C=O) groups excluding carboxylic acids is 1. The number of carbonyl (C=O) groups is 2. The first-order chi connectivity index (χ1) is 10.1. The zero-order valence-electron chi connectivity index (χ0n) is 12.2. The molecule has 1 aromatic rings. The Kier molecular flexibility index (Phi) is 7.71. The largest absolute Gasteiger partial charge is 0.494 e. The first-order valence-corrected chi connectivity index (χ1v) is 7.06. The van der Waals surface area contributed by atoms with Crippen molar-refractivity contribution in [2.75, 3.05) is 26.2 Å². The summed E-state index contributed by atoms with van der Waals surface area (Å²) < 4.78 is 5.51. The maximum absolute atomic E-state index is 11.8. The number of nitrogens with zero attached hydrogens (tertiary/aromatic N) is 1. The van der Waals surface area contributed by atoms with Crippen molar-refractivity contribution in [3.8, 4) is 5.75 Å². The molecule has 0 aliphatic carbocycles. The molecule has 1 rings (SSSR count). The number of amides is 2. The molecule has 1 aromatic carbocycles. The third kappa shape index (κ3) is 7.20. The predicted octanol–water partition coefficient (Wildman–Crippen LogP) is 1.96. The van der Waals surface area contributed by atoms with Gasteiger partial charge in [-0.15, -0.1) is 0 Å². The molecule has 2 amide bonds. The van der Waals surface area contributed by atoms with Crippen LogP contribution < -0.4 is 10.1 Å². The van der Waals surface area contributed by atoms with Crippen LogP contribution in [0.1, 0.15) is 19.8 Å². The van der Waals surface area contributed by atoms with Gasteiger partial charge in [-0.25, -0.2) is 4.79 Å². The van der Waals surface area contributed by atoms with Crippen LogP contribution in [0, 0.1) is 0 Å². The molecule has 0 heterocycles. The minimum Gasteiger partial charge on any atom is -0.494 e. The van der Waals surface area contributed by atoms with Crippen molar-refractivity contribution in [3.63, 3.8) is 0 Å². The number of rotatable bonds is 9. The Labute approximate surface area is 124 Å². The van der Waals surface area contributed by atoms with E-state index < -0.39 is 5.97 Å². The Morgan fingerprint density at radius 3 is 2.62 bits per heavy atom. The summed E-state index contributed by atoms with van der Waals surface area (Å²) in [7, 11) is 0. The fraction of sp³-hybridized carbons (Fsp3) is 0.467. The number of aliphatic carboxylic acids is 1. The third-order valence-electron chi connectivity index (χ3n) is 2.87. The number of urea groups is 1. The van der Waals surface area contributed by atoms with Gasteiger partial charge in [-0.1, -0.05) is 18.2 Å². The molecule has 0 atom stereocenters. The van der Waals surface area contributed by atoms with Gasteiger partial charge in [0.15, 0.2) is 0 Å². The van der Waals surface area contributed by atoms with E-state index in [1.807, 2.05) is 37.3 Å². The molecule has 6 heteroatoms. The Balaban J connectivity index is 2.15. The van der Waals surface area contributed by atoms with E-state index in [-0.39, 0.29) is 19.0 Å². The zero-order chi connectivity index (χ0) is 15.5. The Morgan fingerprint density at radius 2 is 2.00 bits per heavy atom. The molecule has 0 aliphatic rings. The van der Waals surface area contributed by atoms with Gasteiger partial charge in [-0.05, 0) is 25.5 Å². The number of para-hydroxylation sites is 1. The number of carboxylic acids is 1. The van der Waals surface area contributed by atoms with Gasteiger partial charge in [-0.2, -0.15) is 0 Å². The minimum atomic E-state index is -0.905. The second-order valence-corrected chi connectivity index (χ2v) is 4.47. The van der Waals surface area contributed by atoms with Crippen LogP contribution in [0.4, 0.5) is 4.79 Å². The minimum absolute atomic E-state index is 0.0433. The molecular weight excluding hydrogens is 272 g/mol. The molecule has 0 aromatic heterocycles. The first-order valence-electron chi connectivity index (χ1n) is 7.06. The van der Waals surface area contributed by atoms with Crippen LogP contribution in [-0.2, 0) is 4.79 Å². The number of carboxylic acid groups (broad SMARTS) is 1. The molecule has 6 nitrogen and oxygen atoms in total. The molecule has 2 N–H and O–H groups in total. The number of nitrogens with one attached hydrogen (secondary N) is 1. The summed E-state index contributed by atoms with van der Waals surface area (Å²) in [6.07, 6.45) is 0.648. The van der Waals surface area contributed by atoms with E-state index in [4.69, 9.17) is 9.84 Å². The third-order valence-corrected chi connectivity index (χ3v) is 2.87. The van der Waals surface area contributed by atoms with Gasteiger partial charge < -0.3 is 20.1 Å². The maximum Gasteiger partial charge on any atom is 0.317 e. The van der Waals surface area contributed by atoms with E-state index in [9.17, 15) is 9.59 Å². The Bertz CT molecular complexity index is 437. The lowest BCUT2D eigenvalue weighted by atomic mass is 10.3. The summed E-state index contributed by atoms with van der Waals surface area (Å²) in [5.74, 6) is -0.0991. The van der Waals surface area contributed by atoms with Crippen LogP contribution >= 0.6 is 0 Å². The summed E-state index contributed by atoms with van der Waals surface area (Å²) in [6, 6.07) is 9.24. The highest BCUT2D eigenvalue weighted by atomic mass is 16.5. The van der Waals surface area contributed by atoms with Gasteiger partial charge in [0, 0.05) is 19.6 Å². The van der Waals surface area contributed by atoms with E-state index in [1.54, 1.807) is 0 Å². The van der Waals surface area contributed by atoms with Gasteiger partial charge in [0.05, 0.1) is 13.0 Å². The molecule has 0 unspecified atom stereocenters. The maximum atomic E-state index is 11.8. The predicted molar refractivity (Wildman–Crippen MR) is 79.5 cm³/mol. The van der Waals surface area contributed by atoms with Crippen molar-refractivity contribution in [2.24, 2.45) is 0 Å². The molecule has 0 radical (unpaired) electrons. The van der Waals surface area contributed by atoms with Gasteiger partial charge in [0.25, 0.3) is 0 Å². The Hall–Kier alpha value is -2.24. The molecule has 0 fully saturated rings. The van der Waals surface area contributed by atoms with Crippen LogP contribution in [0.3, 0.4) is 0 Å². The SMILES string of the molecule is CCN(CCC(=O)O)C(=O)NCCCOc1ccccc1. The fourth-order valence-electron chi connectivity index (χ4n) is 1.72.